The molecule has 2 aromatic carbocycles. The van der Waals surface area contributed by atoms with Crippen molar-refractivity contribution in [2.24, 2.45) is 0 Å². The number of allylic oxidation sites excluding steroid dienone is 2. The Morgan fingerprint density at radius 1 is 0.792 bits per heavy atom. The first-order valence-electron chi connectivity index (χ1n) is 7.84. The van der Waals surface area contributed by atoms with E-state index in [1.807, 2.05) is 48.5 Å². The summed E-state index contributed by atoms with van der Waals surface area (Å²) in [6.07, 6.45) is 4.37. The van der Waals surface area contributed by atoms with Gasteiger partial charge in [-0.25, -0.2) is 0 Å². The summed E-state index contributed by atoms with van der Waals surface area (Å²) < 4.78 is 0. The Morgan fingerprint density at radius 2 is 1.21 bits per heavy atom. The Labute approximate surface area is 144 Å². The fourth-order valence-corrected chi connectivity index (χ4v) is 3.86. The molecule has 24 heavy (non-hydrogen) atoms. The molecule has 2 aromatic rings. The van der Waals surface area contributed by atoms with Crippen molar-refractivity contribution in [1.29, 1.82) is 0 Å². The average molecular weight is 340 g/mol. The predicted octanol–water partition coefficient (Wildman–Crippen LogP) is 2.12. The van der Waals surface area contributed by atoms with Crippen molar-refractivity contribution in [1.82, 2.24) is 0 Å². The zero-order chi connectivity index (χ0) is 17.6. The molecular weight excluding hydrogens is 319 g/mol. The first-order valence-corrected chi connectivity index (χ1v) is 9.57. The molecule has 0 unspecified atom stereocenters. The van der Waals surface area contributed by atoms with Crippen molar-refractivity contribution < 1.29 is 14.7 Å². The van der Waals surface area contributed by atoms with Crippen LogP contribution in [0, 0.1) is 0 Å². The molecule has 0 atom stereocenters. The number of hydrogen-bond donors (Lipinski definition) is 0. The zero-order valence-electron chi connectivity index (χ0n) is 13.6. The normalized spacial score (nSPS) is 11.5. The standard InChI is InChI=1S/C20H23O3P/c1-3-9-16-11-5-7-13-18(16)20(15-24(21,22)23)19-14-8-6-12-17(19)10-4-2/h3-8,11-14,20H,1-2,9-10,15H2,(H2,21,22,23)/p-2. The highest BCUT2D eigenvalue weighted by Gasteiger charge is 2.22. The van der Waals surface area contributed by atoms with Crippen LogP contribution < -0.4 is 14.7 Å². The molecule has 0 N–H and O–H groups in total. The van der Waals surface area contributed by atoms with Crippen molar-refractivity contribution in [3.63, 3.8) is 0 Å². The van der Waals surface area contributed by atoms with Gasteiger partial charge in [-0.1, -0.05) is 60.7 Å². The van der Waals surface area contributed by atoms with Gasteiger partial charge in [0.25, 0.3) is 0 Å². The molecule has 2 rings (SSSR count). The van der Waals surface area contributed by atoms with E-state index in [9.17, 15) is 14.7 Å². The Balaban J connectivity index is 2.58. The Morgan fingerprint density at radius 3 is 1.58 bits per heavy atom. The molecule has 0 aliphatic carbocycles. The van der Waals surface area contributed by atoms with Gasteiger partial charge in [-0.05, 0) is 35.1 Å². The van der Waals surface area contributed by atoms with E-state index in [2.05, 4.69) is 13.2 Å². The monoisotopic (exact) mass is 340 g/mol. The van der Waals surface area contributed by atoms with Crippen molar-refractivity contribution >= 4 is 7.94 Å². The topological polar surface area (TPSA) is 69.2 Å². The second-order valence-corrected chi connectivity index (χ2v) is 7.32. The molecule has 126 valence electrons. The Hall–Kier alpha value is -1.77. The molecule has 0 bridgehead atoms. The van der Waals surface area contributed by atoms with Crippen LogP contribution in [-0.4, -0.2) is 6.16 Å². The zero-order valence-corrected chi connectivity index (χ0v) is 14.5. The summed E-state index contributed by atoms with van der Waals surface area (Å²) in [7, 11) is -4.68. The van der Waals surface area contributed by atoms with E-state index in [0.717, 1.165) is 22.3 Å². The van der Waals surface area contributed by atoms with Crippen LogP contribution in [0.1, 0.15) is 28.2 Å². The van der Waals surface area contributed by atoms with E-state index in [1.165, 1.54) is 0 Å². The predicted molar refractivity (Wildman–Crippen MR) is 94.3 cm³/mol. The van der Waals surface area contributed by atoms with Gasteiger partial charge in [0.15, 0.2) is 0 Å². The van der Waals surface area contributed by atoms with Crippen LogP contribution in [0.4, 0.5) is 0 Å². The maximum absolute atomic E-state index is 11.6. The summed E-state index contributed by atoms with van der Waals surface area (Å²) in [6.45, 7) is 7.52. The molecular formula is C20H21O3P-2. The molecule has 0 aliphatic heterocycles. The highest BCUT2D eigenvalue weighted by atomic mass is 31.2. The van der Waals surface area contributed by atoms with Gasteiger partial charge >= 0.3 is 0 Å². The van der Waals surface area contributed by atoms with Gasteiger partial charge in [-0.15, -0.1) is 13.2 Å². The molecule has 0 saturated heterocycles. The van der Waals surface area contributed by atoms with Crippen LogP contribution in [0.2, 0.25) is 0 Å². The van der Waals surface area contributed by atoms with E-state index in [0.29, 0.717) is 12.8 Å². The van der Waals surface area contributed by atoms with Crippen LogP contribution in [-0.2, 0) is 12.8 Å². The fraction of sp³-hybridized carbons (Fsp3) is 0.200. The molecule has 0 saturated carbocycles. The van der Waals surface area contributed by atoms with Crippen molar-refractivity contribution in [3.05, 3.63) is 96.1 Å². The molecule has 0 aliphatic rings. The largest absolute Gasteiger partial charge is 0.688 e. The van der Waals surface area contributed by atoms with Crippen LogP contribution >= 0.6 is 7.94 Å². The quantitative estimate of drug-likeness (QED) is 0.546. The average Bonchev–Trinajstić information content (AvgIpc) is 2.54. The van der Waals surface area contributed by atoms with Crippen LogP contribution in [0.15, 0.2) is 73.8 Å². The second kappa shape index (κ2) is 8.36. The molecule has 0 fully saturated rings. The minimum Gasteiger partial charge on any atom is -0.688 e. The summed E-state index contributed by atoms with van der Waals surface area (Å²) >= 11 is 0. The number of benzene rings is 2. The van der Waals surface area contributed by atoms with Crippen LogP contribution in [0.5, 0.6) is 0 Å². The van der Waals surface area contributed by atoms with Gasteiger partial charge in [0.2, 0.25) is 0 Å². The SMILES string of the molecule is C=CCc1ccccc1C(C[P+]([O-])([O-])[O-])c1ccccc1CC=C. The molecule has 0 amide bonds. The van der Waals surface area contributed by atoms with E-state index < -0.39 is 20.0 Å². The third-order valence-electron chi connectivity index (χ3n) is 4.00. The highest BCUT2D eigenvalue weighted by Crippen LogP contribution is 2.41. The van der Waals surface area contributed by atoms with Gasteiger partial charge in [0, 0.05) is 5.92 Å². The maximum atomic E-state index is 11.6. The molecule has 0 spiro atoms. The van der Waals surface area contributed by atoms with Crippen LogP contribution in [0.3, 0.4) is 0 Å². The highest BCUT2D eigenvalue weighted by molar-refractivity contribution is 7.54. The minimum absolute atomic E-state index is 0.435. The van der Waals surface area contributed by atoms with Crippen molar-refractivity contribution in [2.75, 3.05) is 6.16 Å². The molecule has 3 nitrogen and oxygen atoms in total. The first kappa shape index (κ1) is 18.6. The summed E-state index contributed by atoms with van der Waals surface area (Å²) in [6, 6.07) is 15.2. The van der Waals surface area contributed by atoms with E-state index in [1.54, 1.807) is 12.2 Å². The summed E-state index contributed by atoms with van der Waals surface area (Å²) in [4.78, 5) is 34.7. The minimum atomic E-state index is -4.68. The summed E-state index contributed by atoms with van der Waals surface area (Å²) in [5, 5.41) is 0. The third-order valence-corrected chi connectivity index (χ3v) is 4.81. The van der Waals surface area contributed by atoms with E-state index in [4.69, 9.17) is 0 Å². The fourth-order valence-electron chi connectivity index (χ4n) is 3.02. The van der Waals surface area contributed by atoms with Crippen molar-refractivity contribution in [3.8, 4) is 0 Å². The van der Waals surface area contributed by atoms with Gasteiger partial charge in [-0.2, -0.15) is 7.94 Å². The molecule has 0 heterocycles. The van der Waals surface area contributed by atoms with Crippen molar-refractivity contribution in [2.45, 2.75) is 18.8 Å². The maximum Gasteiger partial charge on any atom is 0.0534 e. The molecule has 0 radical (unpaired) electrons. The molecule has 0 aromatic heterocycles. The number of rotatable bonds is 8. The lowest BCUT2D eigenvalue weighted by atomic mass is 9.85. The molecule has 4 heteroatoms. The van der Waals surface area contributed by atoms with Gasteiger partial charge < -0.3 is 14.7 Å². The Kier molecular flexibility index (Phi) is 6.47. The van der Waals surface area contributed by atoms with E-state index >= 15 is 0 Å². The van der Waals surface area contributed by atoms with Gasteiger partial charge in [0.05, 0.1) is 6.16 Å². The lowest BCUT2D eigenvalue weighted by molar-refractivity contribution is -0.427. The summed E-state index contributed by atoms with van der Waals surface area (Å²) in [5.41, 5.74) is 3.69. The van der Waals surface area contributed by atoms with E-state index in [-0.39, 0.29) is 0 Å². The second-order valence-electron chi connectivity index (χ2n) is 5.73. The van der Waals surface area contributed by atoms with Crippen LogP contribution in [0.25, 0.3) is 0 Å². The third kappa shape index (κ3) is 4.86. The first-order chi connectivity index (χ1) is 11.5. The number of hydrogen-bond acceptors (Lipinski definition) is 3. The lowest BCUT2D eigenvalue weighted by Crippen LogP contribution is -2.37. The lowest BCUT2D eigenvalue weighted by Gasteiger charge is -2.45. The smallest absolute Gasteiger partial charge is 0.0534 e. The Bertz CT molecular complexity index is 651. The van der Waals surface area contributed by atoms with Gasteiger partial charge in [0.1, 0.15) is 0 Å². The summed E-state index contributed by atoms with van der Waals surface area (Å²) in [5.74, 6) is -0.488. The van der Waals surface area contributed by atoms with Gasteiger partial charge in [-0.3, -0.25) is 0 Å².